The molecular weight excluding hydrogens is 1100 g/mol. The normalized spacial score (nSPS) is 12.2. The van der Waals surface area contributed by atoms with Crippen LogP contribution in [0.2, 0.25) is 0 Å². The van der Waals surface area contributed by atoms with Crippen LogP contribution in [-0.2, 0) is 0 Å². The fourth-order valence-electron chi connectivity index (χ4n) is 15.3. The van der Waals surface area contributed by atoms with Crippen LogP contribution in [0.15, 0.2) is 303 Å². The van der Waals surface area contributed by atoms with Gasteiger partial charge in [-0.2, -0.15) is 0 Å². The fourth-order valence-corrected chi connectivity index (χ4v) is 15.3. The number of hydrogen-bond acceptors (Lipinski definition) is 2. The maximum atomic E-state index is 5.86. The van der Waals surface area contributed by atoms with Gasteiger partial charge >= 0.3 is 0 Å². The van der Waals surface area contributed by atoms with Crippen molar-refractivity contribution in [3.05, 3.63) is 303 Å². The summed E-state index contributed by atoms with van der Waals surface area (Å²) in [6.07, 6.45) is 0. The van der Waals surface area contributed by atoms with Crippen molar-refractivity contribution in [2.75, 3.05) is 0 Å². The molecule has 0 aliphatic rings. The third-order valence-corrected chi connectivity index (χ3v) is 19.0. The van der Waals surface area contributed by atoms with Crippen molar-refractivity contribution in [1.82, 2.24) is 37.4 Å². The second-order valence-corrected chi connectivity index (χ2v) is 23.7. The van der Waals surface area contributed by atoms with Crippen LogP contribution >= 0.6 is 0 Å². The molecule has 0 saturated carbocycles. The first-order valence-electron chi connectivity index (χ1n) is 30.7. The average molecular weight is 1150 g/mol. The van der Waals surface area contributed by atoms with Crippen molar-refractivity contribution in [3.8, 4) is 45.8 Å². The molecule has 0 spiro atoms. The van der Waals surface area contributed by atoms with Crippen LogP contribution in [0.25, 0.3) is 177 Å². The third kappa shape index (κ3) is 6.73. The number of fused-ring (bicyclic) bond motifs is 21. The van der Waals surface area contributed by atoms with Crippen LogP contribution in [0.4, 0.5) is 0 Å². The van der Waals surface area contributed by atoms with Gasteiger partial charge in [0.15, 0.2) is 5.82 Å². The van der Waals surface area contributed by atoms with Gasteiger partial charge in [0.25, 0.3) is 0 Å². The lowest BCUT2D eigenvalue weighted by molar-refractivity contribution is 0.993. The smallest absolute Gasteiger partial charge is 0.163 e. The first-order chi connectivity index (χ1) is 44.7. The minimum absolute atomic E-state index is 0.603. The Morgan fingerprint density at radius 3 is 0.678 bits per heavy atom. The predicted molar refractivity (Wildman–Crippen MR) is 374 cm³/mol. The first kappa shape index (κ1) is 48.9. The molecule has 0 amide bonds. The van der Waals surface area contributed by atoms with Gasteiger partial charge in [0.1, 0.15) is 11.6 Å². The van der Waals surface area contributed by atoms with Gasteiger partial charge in [0.05, 0.1) is 66.2 Å². The molecule has 0 bridgehead atoms. The highest BCUT2D eigenvalue weighted by Crippen LogP contribution is 2.46. The monoisotopic (exact) mass is 1150 g/mol. The van der Waals surface area contributed by atoms with Crippen LogP contribution < -0.4 is 0 Å². The number of benzene rings is 13. The molecule has 0 radical (unpaired) electrons. The van der Waals surface area contributed by atoms with Crippen LogP contribution in [-0.4, -0.2) is 37.4 Å². The van der Waals surface area contributed by atoms with E-state index in [4.69, 9.17) is 9.97 Å². The molecule has 0 fully saturated rings. The SMILES string of the molecule is c1ccc(-n2c3ccccc3c3ccc4c5ccccc5n(-c5ccc(-c6nc(-n7c8ccccc8c8ccc9c%10ccccc%10n(-c%10ccccc%10)c9c87)cc(-n7c8ccccc8c8ccc9c%10ccccc%10n(-c%10ccccc%10)c9c87)n6)cc5)c4c32)cc1. The van der Waals surface area contributed by atoms with Gasteiger partial charge in [-0.05, 0) is 97.1 Å². The summed E-state index contributed by atoms with van der Waals surface area (Å²) < 4.78 is 14.6. The molecule has 418 valence electrons. The summed E-state index contributed by atoms with van der Waals surface area (Å²) in [4.78, 5) is 11.7. The van der Waals surface area contributed by atoms with Gasteiger partial charge in [-0.25, -0.2) is 9.97 Å². The summed E-state index contributed by atoms with van der Waals surface area (Å²) in [5.74, 6) is 2.11. The maximum absolute atomic E-state index is 5.86. The molecule has 90 heavy (non-hydrogen) atoms. The minimum atomic E-state index is 0.603. The standard InChI is InChI=1S/C82H50N8/c1-4-22-52(23-5-1)85-68-34-16-10-28-56(68)62-44-45-63-57-29-13-19-37-71(57)88(77(63)76(62)85)55-42-40-51(41-43-55)82-83-74(89-72-38-20-14-32-60(72)66-48-46-64-58-30-11-17-35-69(58)86(78(64)80(66)89)53-24-6-2-7-25-53)50-75(84-82)90-73-39-21-15-33-61(73)67-49-47-65-59-31-12-18-36-70(59)87(79(65)81(67)90)54-26-8-3-9-27-54/h1-50H. The van der Waals surface area contributed by atoms with Crippen molar-refractivity contribution in [2.45, 2.75) is 0 Å². The molecule has 0 unspecified atom stereocenters. The zero-order chi connectivity index (χ0) is 58.7. The van der Waals surface area contributed by atoms with Gasteiger partial charge in [0.2, 0.25) is 0 Å². The molecule has 7 aromatic heterocycles. The number of rotatable bonds is 7. The second-order valence-electron chi connectivity index (χ2n) is 23.7. The average Bonchev–Trinajstić information content (AvgIpc) is 1.57. The van der Waals surface area contributed by atoms with E-state index in [1.165, 1.54) is 54.1 Å². The zero-order valence-corrected chi connectivity index (χ0v) is 48.4. The van der Waals surface area contributed by atoms with Gasteiger partial charge in [-0.3, -0.25) is 9.13 Å². The van der Waals surface area contributed by atoms with Crippen molar-refractivity contribution < 1.29 is 0 Å². The van der Waals surface area contributed by atoms with Gasteiger partial charge in [0, 0.05) is 99.0 Å². The lowest BCUT2D eigenvalue weighted by Crippen LogP contribution is -2.07. The number of nitrogens with zero attached hydrogens (tertiary/aromatic N) is 8. The lowest BCUT2D eigenvalue weighted by Gasteiger charge is -2.16. The zero-order valence-electron chi connectivity index (χ0n) is 48.4. The lowest BCUT2D eigenvalue weighted by atomic mass is 10.1. The number of aromatic nitrogens is 8. The molecule has 7 heterocycles. The minimum Gasteiger partial charge on any atom is -0.307 e. The highest BCUT2D eigenvalue weighted by Gasteiger charge is 2.27. The summed E-state index contributed by atoms with van der Waals surface area (Å²) >= 11 is 0. The molecule has 0 aliphatic carbocycles. The van der Waals surface area contributed by atoms with Gasteiger partial charge in [-0.1, -0.05) is 200 Å². The quantitative estimate of drug-likeness (QED) is 0.160. The Balaban J connectivity index is 0.901. The predicted octanol–water partition coefficient (Wildman–Crippen LogP) is 20.7. The summed E-state index contributed by atoms with van der Waals surface area (Å²) in [6.45, 7) is 0. The van der Waals surface area contributed by atoms with E-state index in [-0.39, 0.29) is 0 Å². The Bertz CT molecular complexity index is 6120. The van der Waals surface area contributed by atoms with E-state index < -0.39 is 0 Å². The molecular formula is C82H50N8. The summed E-state index contributed by atoms with van der Waals surface area (Å²) in [5.41, 5.74) is 18.6. The van der Waals surface area contributed by atoms with Crippen molar-refractivity contribution >= 4 is 131 Å². The highest BCUT2D eigenvalue weighted by molar-refractivity contribution is 6.27. The van der Waals surface area contributed by atoms with Crippen molar-refractivity contribution in [3.63, 3.8) is 0 Å². The topological polar surface area (TPSA) is 55.4 Å². The van der Waals surface area contributed by atoms with Crippen LogP contribution in [0.5, 0.6) is 0 Å². The van der Waals surface area contributed by atoms with Crippen LogP contribution in [0, 0.1) is 0 Å². The summed E-state index contributed by atoms with van der Waals surface area (Å²) in [5, 5.41) is 14.1. The third-order valence-electron chi connectivity index (χ3n) is 19.0. The van der Waals surface area contributed by atoms with E-state index in [1.807, 2.05) is 0 Å². The van der Waals surface area contributed by atoms with E-state index in [0.29, 0.717) is 5.82 Å². The van der Waals surface area contributed by atoms with Crippen LogP contribution in [0.3, 0.4) is 0 Å². The molecule has 13 aromatic carbocycles. The van der Waals surface area contributed by atoms with E-state index in [9.17, 15) is 0 Å². The molecule has 8 nitrogen and oxygen atoms in total. The summed E-state index contributed by atoms with van der Waals surface area (Å²) in [6, 6.07) is 110. The molecule has 0 N–H and O–H groups in total. The molecule has 20 aromatic rings. The molecule has 0 aliphatic heterocycles. The Kier molecular flexibility index (Phi) is 10.1. The number of para-hydroxylation sites is 9. The summed E-state index contributed by atoms with van der Waals surface area (Å²) in [7, 11) is 0. The molecule has 20 rings (SSSR count). The van der Waals surface area contributed by atoms with E-state index in [1.54, 1.807) is 0 Å². The molecule has 0 saturated heterocycles. The van der Waals surface area contributed by atoms with Gasteiger partial charge < -0.3 is 18.3 Å². The Hall–Kier alpha value is -12.3. The number of hydrogen-bond donors (Lipinski definition) is 0. The second kappa shape index (κ2) is 18.6. The Labute approximate surface area is 514 Å². The van der Waals surface area contributed by atoms with Crippen molar-refractivity contribution in [1.29, 1.82) is 0 Å². The Morgan fingerprint density at radius 2 is 0.400 bits per heavy atom. The fraction of sp³-hybridized carbons (Fsp3) is 0. The maximum Gasteiger partial charge on any atom is 0.163 e. The Morgan fingerprint density at radius 1 is 0.178 bits per heavy atom. The van der Waals surface area contributed by atoms with E-state index in [2.05, 4.69) is 331 Å². The molecule has 8 heteroatoms. The van der Waals surface area contributed by atoms with Gasteiger partial charge in [-0.15, -0.1) is 0 Å². The van der Waals surface area contributed by atoms with E-state index >= 15 is 0 Å². The largest absolute Gasteiger partial charge is 0.307 e. The van der Waals surface area contributed by atoms with Crippen LogP contribution in [0.1, 0.15) is 0 Å². The molecule has 0 atom stereocenters. The highest BCUT2D eigenvalue weighted by atomic mass is 15.2. The first-order valence-corrected chi connectivity index (χ1v) is 30.7. The van der Waals surface area contributed by atoms with E-state index in [0.717, 1.165) is 117 Å². The van der Waals surface area contributed by atoms with Crippen molar-refractivity contribution in [2.24, 2.45) is 0 Å².